The average Bonchev–Trinajstić information content (AvgIpc) is 3.13. The molecule has 2 nitrogen and oxygen atoms in total. The largest absolute Gasteiger partial charge is 0.318 e. The Morgan fingerprint density at radius 1 is 1.29 bits per heavy atom. The normalized spacial score (nSPS) is 18.1. The first kappa shape index (κ1) is 13.3. The summed E-state index contributed by atoms with van der Waals surface area (Å²) in [6.07, 6.45) is 0. The molecule has 2 aliphatic rings. The predicted octanol–water partition coefficient (Wildman–Crippen LogP) is 4.78. The summed E-state index contributed by atoms with van der Waals surface area (Å²) in [5.74, 6) is 0.307. The molecule has 0 N–H and O–H groups in total. The number of thioether (sulfide) groups is 1. The average molecular weight is 318 g/mol. The number of fused-ring (bicyclic) bond motifs is 2. The van der Waals surface area contributed by atoms with E-state index < -0.39 is 0 Å². The van der Waals surface area contributed by atoms with Crippen molar-refractivity contribution in [1.29, 1.82) is 0 Å². The van der Waals surface area contributed by atoms with Crippen molar-refractivity contribution >= 4 is 44.0 Å². The molecule has 1 aromatic heterocycles. The smallest absolute Gasteiger partial charge is 0.168 e. The topological polar surface area (TPSA) is 15.6 Å². The molecule has 1 aromatic carbocycles. The second-order valence-electron chi connectivity index (χ2n) is 5.54. The van der Waals surface area contributed by atoms with Gasteiger partial charge >= 0.3 is 0 Å². The predicted molar refractivity (Wildman–Crippen MR) is 90.1 cm³/mol. The summed E-state index contributed by atoms with van der Waals surface area (Å²) < 4.78 is 15.0. The van der Waals surface area contributed by atoms with Crippen molar-refractivity contribution in [3.63, 3.8) is 0 Å². The monoisotopic (exact) mass is 318 g/mol. The van der Waals surface area contributed by atoms with Crippen molar-refractivity contribution in [1.82, 2.24) is 4.90 Å². The summed E-state index contributed by atoms with van der Waals surface area (Å²) >= 11 is 3.39. The number of nitrogens with zero attached hydrogens (tertiary/aromatic N) is 2. The van der Waals surface area contributed by atoms with Gasteiger partial charge < -0.3 is 4.90 Å². The van der Waals surface area contributed by atoms with E-state index in [4.69, 9.17) is 0 Å². The Morgan fingerprint density at radius 3 is 2.95 bits per heavy atom. The number of aliphatic imine (C=N–C) groups is 1. The number of hydrogen-bond acceptors (Lipinski definition) is 4. The van der Waals surface area contributed by atoms with Gasteiger partial charge in [-0.3, -0.25) is 4.99 Å². The van der Waals surface area contributed by atoms with Crippen LogP contribution in [-0.4, -0.2) is 23.2 Å². The van der Waals surface area contributed by atoms with Gasteiger partial charge in [-0.2, -0.15) is 0 Å². The first-order valence-electron chi connectivity index (χ1n) is 7.07. The molecule has 2 aliphatic heterocycles. The van der Waals surface area contributed by atoms with E-state index in [9.17, 15) is 4.39 Å². The van der Waals surface area contributed by atoms with Gasteiger partial charge in [0, 0.05) is 27.1 Å². The molecule has 21 heavy (non-hydrogen) atoms. The van der Waals surface area contributed by atoms with Crippen LogP contribution in [0.3, 0.4) is 0 Å². The molecule has 0 saturated carbocycles. The zero-order valence-corrected chi connectivity index (χ0v) is 13.5. The molecule has 3 heterocycles. The molecule has 0 spiro atoms. The number of thiophene rings is 1. The molecule has 0 atom stereocenters. The maximum atomic E-state index is 14.0. The molecule has 0 aliphatic carbocycles. The van der Waals surface area contributed by atoms with E-state index in [2.05, 4.69) is 23.7 Å². The molecule has 4 rings (SSSR count). The van der Waals surface area contributed by atoms with Crippen molar-refractivity contribution in [3.8, 4) is 0 Å². The van der Waals surface area contributed by atoms with Gasteiger partial charge in [0.25, 0.3) is 0 Å². The van der Waals surface area contributed by atoms with Crippen molar-refractivity contribution in [2.75, 3.05) is 13.1 Å². The number of halogens is 1. The van der Waals surface area contributed by atoms with Crippen LogP contribution in [-0.2, 0) is 0 Å². The summed E-state index contributed by atoms with van der Waals surface area (Å²) in [5.41, 5.74) is 2.38. The molecule has 2 aromatic rings. The van der Waals surface area contributed by atoms with Crippen molar-refractivity contribution < 1.29 is 4.39 Å². The summed E-state index contributed by atoms with van der Waals surface area (Å²) in [6, 6.07) is 5.38. The van der Waals surface area contributed by atoms with Crippen LogP contribution in [0.1, 0.15) is 19.4 Å². The van der Waals surface area contributed by atoms with E-state index in [1.165, 1.54) is 10.6 Å². The molecule has 0 radical (unpaired) electrons. The van der Waals surface area contributed by atoms with Crippen LogP contribution in [0.5, 0.6) is 0 Å². The van der Waals surface area contributed by atoms with Crippen LogP contribution in [0.25, 0.3) is 15.8 Å². The quantitative estimate of drug-likeness (QED) is 0.791. The first-order valence-corrected chi connectivity index (χ1v) is 8.76. The van der Waals surface area contributed by atoms with E-state index in [1.807, 2.05) is 17.5 Å². The van der Waals surface area contributed by atoms with Crippen molar-refractivity contribution in [2.24, 2.45) is 10.9 Å². The third-order valence-corrected chi connectivity index (χ3v) is 6.21. The summed E-state index contributed by atoms with van der Waals surface area (Å²) in [4.78, 5) is 8.22. The maximum Gasteiger partial charge on any atom is 0.168 e. The highest BCUT2D eigenvalue weighted by molar-refractivity contribution is 8.17. The second-order valence-corrected chi connectivity index (χ2v) is 7.47. The SMILES string of the molecule is CC(C)C1=C(c2ccc(F)c3ccsc23)N2CCN=C2S1. The van der Waals surface area contributed by atoms with Gasteiger partial charge in [-0.1, -0.05) is 25.6 Å². The van der Waals surface area contributed by atoms with Crippen LogP contribution in [0.4, 0.5) is 4.39 Å². The van der Waals surface area contributed by atoms with Crippen molar-refractivity contribution in [3.05, 3.63) is 39.9 Å². The Hall–Kier alpha value is -1.33. The number of rotatable bonds is 2. The molecule has 0 unspecified atom stereocenters. The fourth-order valence-corrected chi connectivity index (χ4v) is 5.01. The highest BCUT2D eigenvalue weighted by atomic mass is 32.2. The molecule has 108 valence electrons. The molecule has 0 amide bonds. The third kappa shape index (κ3) is 1.94. The second kappa shape index (κ2) is 4.85. The van der Waals surface area contributed by atoms with Gasteiger partial charge in [0.05, 0.1) is 12.2 Å². The Balaban J connectivity index is 1.97. The lowest BCUT2D eigenvalue weighted by molar-refractivity contribution is 0.635. The Kier molecular flexibility index (Phi) is 3.08. The minimum absolute atomic E-state index is 0.136. The zero-order valence-electron chi connectivity index (χ0n) is 11.9. The number of hydrogen-bond donors (Lipinski definition) is 0. The highest BCUT2D eigenvalue weighted by Gasteiger charge is 2.34. The molecule has 0 fully saturated rings. The van der Waals surface area contributed by atoms with E-state index in [0.717, 1.165) is 33.9 Å². The number of amidine groups is 1. The lowest BCUT2D eigenvalue weighted by atomic mass is 10.0. The van der Waals surface area contributed by atoms with Crippen LogP contribution in [0.15, 0.2) is 33.5 Å². The standard InChI is InChI=1S/C16H15FN2S2/c1-9(2)14-13(19-7-6-18-16(19)21-14)11-3-4-12(17)10-5-8-20-15(10)11/h3-5,8-9H,6-7H2,1-2H3. The summed E-state index contributed by atoms with van der Waals surface area (Å²) in [7, 11) is 0. The number of benzene rings is 1. The molecular formula is C16H15FN2S2. The zero-order chi connectivity index (χ0) is 14.6. The van der Waals surface area contributed by atoms with E-state index in [-0.39, 0.29) is 5.82 Å². The summed E-state index contributed by atoms with van der Waals surface area (Å²) in [5, 5.41) is 3.79. The van der Waals surface area contributed by atoms with Crippen LogP contribution in [0.2, 0.25) is 0 Å². The number of allylic oxidation sites excluding steroid dienone is 1. The highest BCUT2D eigenvalue weighted by Crippen LogP contribution is 2.47. The Bertz CT molecular complexity index is 789. The van der Waals surface area contributed by atoms with Crippen molar-refractivity contribution in [2.45, 2.75) is 13.8 Å². The van der Waals surface area contributed by atoms with Crippen LogP contribution in [0, 0.1) is 11.7 Å². The molecular weight excluding hydrogens is 303 g/mol. The minimum Gasteiger partial charge on any atom is -0.318 e. The van der Waals surface area contributed by atoms with Gasteiger partial charge in [0.15, 0.2) is 5.17 Å². The van der Waals surface area contributed by atoms with Gasteiger partial charge in [-0.25, -0.2) is 4.39 Å². The lowest BCUT2D eigenvalue weighted by Crippen LogP contribution is -2.20. The fraction of sp³-hybridized carbons (Fsp3) is 0.312. The Morgan fingerprint density at radius 2 is 2.14 bits per heavy atom. The first-order chi connectivity index (χ1) is 10.2. The summed E-state index contributed by atoms with van der Waals surface area (Å²) in [6.45, 7) is 6.20. The van der Waals surface area contributed by atoms with E-state index in [0.29, 0.717) is 5.92 Å². The third-order valence-electron chi connectivity index (χ3n) is 3.85. The minimum atomic E-state index is -0.136. The van der Waals surface area contributed by atoms with Crippen LogP contribution < -0.4 is 0 Å². The van der Waals surface area contributed by atoms with Gasteiger partial charge in [-0.05, 0) is 29.5 Å². The molecule has 0 saturated heterocycles. The van der Waals surface area contributed by atoms with Gasteiger partial charge in [0.2, 0.25) is 0 Å². The Labute approximate surface area is 131 Å². The molecule has 0 bridgehead atoms. The fourth-order valence-electron chi connectivity index (χ4n) is 2.88. The van der Waals surface area contributed by atoms with E-state index >= 15 is 0 Å². The van der Waals surface area contributed by atoms with Gasteiger partial charge in [-0.15, -0.1) is 11.3 Å². The molecule has 5 heteroatoms. The van der Waals surface area contributed by atoms with Gasteiger partial charge in [0.1, 0.15) is 5.82 Å². The van der Waals surface area contributed by atoms with E-state index in [1.54, 1.807) is 29.2 Å². The lowest BCUT2D eigenvalue weighted by Gasteiger charge is -2.19. The van der Waals surface area contributed by atoms with Crippen LogP contribution >= 0.6 is 23.1 Å². The maximum absolute atomic E-state index is 14.0.